The average Bonchev–Trinajstić information content (AvgIpc) is 2.72. The van der Waals surface area contributed by atoms with Crippen LogP contribution in [0.1, 0.15) is 38.8 Å². The number of benzene rings is 2. The van der Waals surface area contributed by atoms with Crippen LogP contribution in [0, 0.1) is 5.82 Å². The van der Waals surface area contributed by atoms with Crippen LogP contribution in [0.5, 0.6) is 0 Å². The van der Waals surface area contributed by atoms with Crippen LogP contribution >= 0.6 is 11.6 Å². The van der Waals surface area contributed by atoms with Crippen molar-refractivity contribution in [2.75, 3.05) is 16.3 Å². The van der Waals surface area contributed by atoms with Crippen LogP contribution in [0.3, 0.4) is 0 Å². The number of fused-ring (bicyclic) bond motifs is 1. The SMILES string of the molecule is CCN1c2cc(F)c(/C=C3/C(=O)NC(=O)N(c4ccc(Cl)cc4)C3=O)cc2C(C)=CC1(C)C. The summed E-state index contributed by atoms with van der Waals surface area (Å²) in [5.74, 6) is -2.29. The number of urea groups is 1. The Balaban J connectivity index is 1.79. The summed E-state index contributed by atoms with van der Waals surface area (Å²) in [6.07, 6.45) is 3.29. The zero-order valence-electron chi connectivity index (χ0n) is 18.7. The Kier molecular flexibility index (Phi) is 5.62. The van der Waals surface area contributed by atoms with Gasteiger partial charge in [-0.3, -0.25) is 14.9 Å². The van der Waals surface area contributed by atoms with Gasteiger partial charge in [-0.05, 0) is 75.7 Å². The third kappa shape index (κ3) is 3.93. The lowest BCUT2D eigenvalue weighted by atomic mass is 9.87. The van der Waals surface area contributed by atoms with Crippen LogP contribution in [-0.4, -0.2) is 29.9 Å². The quantitative estimate of drug-likeness (QED) is 0.499. The monoisotopic (exact) mass is 467 g/mol. The highest BCUT2D eigenvalue weighted by Gasteiger charge is 2.37. The molecule has 0 radical (unpaired) electrons. The van der Waals surface area contributed by atoms with Gasteiger partial charge in [0.05, 0.1) is 11.2 Å². The van der Waals surface area contributed by atoms with Crippen molar-refractivity contribution in [3.63, 3.8) is 0 Å². The molecule has 2 aliphatic rings. The Morgan fingerprint density at radius 1 is 1.12 bits per heavy atom. The van der Waals surface area contributed by atoms with Gasteiger partial charge in [-0.25, -0.2) is 14.1 Å². The number of barbiturate groups is 1. The molecule has 2 aromatic rings. The van der Waals surface area contributed by atoms with Crippen LogP contribution in [0.25, 0.3) is 11.6 Å². The van der Waals surface area contributed by atoms with Crippen molar-refractivity contribution in [2.24, 2.45) is 0 Å². The molecule has 33 heavy (non-hydrogen) atoms. The first-order valence-corrected chi connectivity index (χ1v) is 10.9. The number of amides is 4. The number of hydrogen-bond donors (Lipinski definition) is 1. The van der Waals surface area contributed by atoms with E-state index < -0.39 is 23.7 Å². The zero-order chi connectivity index (χ0) is 24.1. The molecule has 4 rings (SSSR count). The van der Waals surface area contributed by atoms with E-state index >= 15 is 4.39 Å². The maximum Gasteiger partial charge on any atom is 0.335 e. The van der Waals surface area contributed by atoms with Crippen molar-refractivity contribution in [1.29, 1.82) is 0 Å². The van der Waals surface area contributed by atoms with Crippen molar-refractivity contribution in [3.05, 3.63) is 70.0 Å². The molecule has 0 bridgehead atoms. The maximum atomic E-state index is 15.2. The highest BCUT2D eigenvalue weighted by atomic mass is 35.5. The number of carbonyl (C=O) groups excluding carboxylic acids is 3. The Bertz CT molecular complexity index is 1250. The summed E-state index contributed by atoms with van der Waals surface area (Å²) >= 11 is 5.89. The molecule has 0 aromatic heterocycles. The van der Waals surface area contributed by atoms with E-state index in [0.717, 1.165) is 21.7 Å². The van der Waals surface area contributed by atoms with Gasteiger partial charge in [-0.15, -0.1) is 0 Å². The molecule has 8 heteroatoms. The number of carbonyl (C=O) groups is 3. The minimum Gasteiger partial charge on any atom is -0.363 e. The van der Waals surface area contributed by atoms with E-state index in [1.807, 2.05) is 13.8 Å². The summed E-state index contributed by atoms with van der Waals surface area (Å²) in [4.78, 5) is 40.8. The molecule has 2 aliphatic heterocycles. The lowest BCUT2D eigenvalue weighted by molar-refractivity contribution is -0.122. The first kappa shape index (κ1) is 22.7. The van der Waals surface area contributed by atoms with Crippen LogP contribution in [-0.2, 0) is 9.59 Å². The Labute approximate surface area is 196 Å². The highest BCUT2D eigenvalue weighted by Crippen LogP contribution is 2.40. The molecule has 0 aliphatic carbocycles. The van der Waals surface area contributed by atoms with E-state index in [9.17, 15) is 14.4 Å². The predicted molar refractivity (Wildman–Crippen MR) is 128 cm³/mol. The molecule has 170 valence electrons. The van der Waals surface area contributed by atoms with Gasteiger partial charge >= 0.3 is 6.03 Å². The number of halogens is 2. The fourth-order valence-corrected chi connectivity index (χ4v) is 4.57. The van der Waals surface area contributed by atoms with Gasteiger partial charge in [0.1, 0.15) is 11.4 Å². The smallest absolute Gasteiger partial charge is 0.335 e. The molecule has 0 atom stereocenters. The average molecular weight is 468 g/mol. The molecule has 1 fully saturated rings. The summed E-state index contributed by atoms with van der Waals surface area (Å²) in [5, 5.41) is 2.57. The second-order valence-electron chi connectivity index (χ2n) is 8.55. The van der Waals surface area contributed by atoms with Crippen molar-refractivity contribution in [3.8, 4) is 0 Å². The van der Waals surface area contributed by atoms with E-state index in [1.54, 1.807) is 6.07 Å². The molecule has 0 unspecified atom stereocenters. The van der Waals surface area contributed by atoms with Gasteiger partial charge in [0.15, 0.2) is 0 Å². The number of anilines is 2. The lowest BCUT2D eigenvalue weighted by Crippen LogP contribution is -2.54. The van der Waals surface area contributed by atoms with Gasteiger partial charge in [-0.2, -0.15) is 0 Å². The minimum absolute atomic E-state index is 0.0844. The number of imide groups is 2. The van der Waals surface area contributed by atoms with Crippen LogP contribution < -0.4 is 15.1 Å². The lowest BCUT2D eigenvalue weighted by Gasteiger charge is -2.43. The van der Waals surface area contributed by atoms with Crippen molar-refractivity contribution in [1.82, 2.24) is 5.32 Å². The first-order chi connectivity index (χ1) is 15.5. The Morgan fingerprint density at radius 3 is 2.42 bits per heavy atom. The van der Waals surface area contributed by atoms with Crippen molar-refractivity contribution >= 4 is 52.5 Å². The number of hydrogen-bond acceptors (Lipinski definition) is 4. The van der Waals surface area contributed by atoms with E-state index in [2.05, 4.69) is 30.1 Å². The predicted octanol–water partition coefficient (Wildman–Crippen LogP) is 5.17. The Morgan fingerprint density at radius 2 is 1.79 bits per heavy atom. The second kappa shape index (κ2) is 8.15. The van der Waals surface area contributed by atoms with Crippen LogP contribution in [0.4, 0.5) is 20.6 Å². The standard InChI is InChI=1S/C25H23ClFN3O3/c1-5-29-21-12-20(27)15(10-18(21)14(2)13-25(29,3)4)11-19-22(31)28-24(33)30(23(19)32)17-8-6-16(26)7-9-17/h6-13H,5H2,1-4H3,(H,28,31,33)/b19-11-. The summed E-state index contributed by atoms with van der Waals surface area (Å²) < 4.78 is 15.2. The summed E-state index contributed by atoms with van der Waals surface area (Å²) in [5.41, 5.74) is 2.24. The molecule has 0 spiro atoms. The van der Waals surface area contributed by atoms with E-state index in [1.165, 1.54) is 36.4 Å². The number of allylic oxidation sites excluding steroid dienone is 1. The number of nitrogens with one attached hydrogen (secondary N) is 1. The largest absolute Gasteiger partial charge is 0.363 e. The first-order valence-electron chi connectivity index (χ1n) is 10.5. The van der Waals surface area contributed by atoms with Crippen molar-refractivity contribution < 1.29 is 18.8 Å². The molecule has 1 saturated heterocycles. The van der Waals surface area contributed by atoms with Crippen LogP contribution in [0.2, 0.25) is 5.02 Å². The van der Waals surface area contributed by atoms with Gasteiger partial charge in [0.25, 0.3) is 11.8 Å². The molecule has 0 saturated carbocycles. The third-order valence-electron chi connectivity index (χ3n) is 5.90. The maximum absolute atomic E-state index is 15.2. The minimum atomic E-state index is -0.880. The van der Waals surface area contributed by atoms with Gasteiger partial charge in [0, 0.05) is 28.4 Å². The molecular formula is C25H23ClFN3O3. The summed E-state index contributed by atoms with van der Waals surface area (Å²) in [6.45, 7) is 8.75. The van der Waals surface area contributed by atoms with E-state index in [0.29, 0.717) is 11.6 Å². The third-order valence-corrected chi connectivity index (χ3v) is 6.15. The summed E-state index contributed by atoms with van der Waals surface area (Å²) in [7, 11) is 0. The number of likely N-dealkylation sites (N-methyl/N-ethyl adjacent to an activating group) is 1. The molecule has 2 heterocycles. The number of nitrogens with zero attached hydrogens (tertiary/aromatic N) is 2. The van der Waals surface area contributed by atoms with E-state index in [-0.39, 0.29) is 22.4 Å². The number of rotatable bonds is 3. The highest BCUT2D eigenvalue weighted by molar-refractivity contribution is 6.39. The normalized spacial score (nSPS) is 18.9. The molecule has 2 aromatic carbocycles. The summed E-state index contributed by atoms with van der Waals surface area (Å²) in [6, 6.07) is 8.20. The van der Waals surface area contributed by atoms with Gasteiger partial charge < -0.3 is 4.90 Å². The molecule has 6 nitrogen and oxygen atoms in total. The van der Waals surface area contributed by atoms with Crippen LogP contribution in [0.15, 0.2) is 48.0 Å². The fraction of sp³-hybridized carbons (Fsp3) is 0.240. The second-order valence-corrected chi connectivity index (χ2v) is 8.99. The zero-order valence-corrected chi connectivity index (χ0v) is 19.5. The van der Waals surface area contributed by atoms with Gasteiger partial charge in [0.2, 0.25) is 0 Å². The van der Waals surface area contributed by atoms with E-state index in [4.69, 9.17) is 11.6 Å². The molecule has 4 amide bonds. The Hall–Kier alpha value is -3.45. The molecule has 1 N–H and O–H groups in total. The topological polar surface area (TPSA) is 69.7 Å². The van der Waals surface area contributed by atoms with Gasteiger partial charge in [-0.1, -0.05) is 17.7 Å². The molecular weight excluding hydrogens is 445 g/mol. The van der Waals surface area contributed by atoms with Crippen molar-refractivity contribution in [2.45, 2.75) is 33.2 Å². The fourth-order valence-electron chi connectivity index (χ4n) is 4.44.